The number of anilines is 2. The van der Waals surface area contributed by atoms with Crippen molar-refractivity contribution in [1.29, 1.82) is 0 Å². The molecule has 0 spiro atoms. The molecule has 0 saturated carbocycles. The molecule has 27 heavy (non-hydrogen) atoms. The van der Waals surface area contributed by atoms with Crippen LogP contribution in [0.15, 0.2) is 47.6 Å². The first-order valence-electron chi connectivity index (χ1n) is 8.56. The highest BCUT2D eigenvalue weighted by molar-refractivity contribution is 7.92. The molecule has 0 aliphatic carbocycles. The van der Waals surface area contributed by atoms with Gasteiger partial charge in [-0.1, -0.05) is 17.7 Å². The second-order valence-corrected chi connectivity index (χ2v) is 8.09. The summed E-state index contributed by atoms with van der Waals surface area (Å²) in [7, 11) is -3.70. The van der Waals surface area contributed by atoms with Gasteiger partial charge in [0.15, 0.2) is 5.03 Å². The largest absolute Gasteiger partial charge is 0.354 e. The fraction of sp³-hybridized carbons (Fsp3) is 0.278. The zero-order chi connectivity index (χ0) is 18.1. The first-order chi connectivity index (χ1) is 12.5. The van der Waals surface area contributed by atoms with E-state index >= 15 is 0 Å². The number of fused-ring (bicyclic) bond motifs is 1. The molecule has 0 bridgehead atoms. The summed E-state index contributed by atoms with van der Waals surface area (Å²) in [5.74, 6) is 0.817. The van der Waals surface area contributed by atoms with Crippen LogP contribution in [0.1, 0.15) is 5.56 Å². The summed E-state index contributed by atoms with van der Waals surface area (Å²) in [6.45, 7) is 5.44. The van der Waals surface area contributed by atoms with Gasteiger partial charge in [-0.3, -0.25) is 4.72 Å². The highest BCUT2D eigenvalue weighted by Gasteiger charge is 2.21. The summed E-state index contributed by atoms with van der Waals surface area (Å²) in [4.78, 5) is 9.67. The Hall–Kier alpha value is -2.29. The molecule has 4 rings (SSSR count). The number of halogens is 1. The van der Waals surface area contributed by atoms with Gasteiger partial charge in [0, 0.05) is 43.4 Å². The second kappa shape index (κ2) is 7.75. The van der Waals surface area contributed by atoms with Crippen molar-refractivity contribution in [3.63, 3.8) is 0 Å². The number of aromatic nitrogens is 2. The first-order valence-corrected chi connectivity index (χ1v) is 10.0. The van der Waals surface area contributed by atoms with E-state index < -0.39 is 10.0 Å². The van der Waals surface area contributed by atoms with Gasteiger partial charge in [0.1, 0.15) is 5.82 Å². The molecule has 9 heteroatoms. The minimum Gasteiger partial charge on any atom is -0.354 e. The molecule has 0 unspecified atom stereocenters. The van der Waals surface area contributed by atoms with Gasteiger partial charge in [-0.25, -0.2) is 4.98 Å². The molecule has 1 aliphatic heterocycles. The minimum absolute atomic E-state index is 0. The summed E-state index contributed by atoms with van der Waals surface area (Å²) in [6.07, 6.45) is 1.71. The number of aryl methyl sites for hydroxylation is 1. The molecule has 1 aliphatic rings. The van der Waals surface area contributed by atoms with E-state index in [1.54, 1.807) is 30.5 Å². The van der Waals surface area contributed by atoms with Crippen molar-refractivity contribution in [3.05, 3.63) is 48.2 Å². The molecule has 1 aromatic carbocycles. The highest BCUT2D eigenvalue weighted by atomic mass is 35.5. The topological polar surface area (TPSA) is 90.1 Å². The van der Waals surface area contributed by atoms with Gasteiger partial charge >= 0.3 is 0 Å². The second-order valence-electron chi connectivity index (χ2n) is 6.44. The van der Waals surface area contributed by atoms with E-state index in [0.717, 1.165) is 48.5 Å². The lowest BCUT2D eigenvalue weighted by Crippen LogP contribution is -2.43. The van der Waals surface area contributed by atoms with Crippen LogP contribution in [0.2, 0.25) is 0 Å². The Morgan fingerprint density at radius 3 is 2.52 bits per heavy atom. The number of hydrogen-bond acceptors (Lipinski definition) is 5. The maximum Gasteiger partial charge on any atom is 0.277 e. The van der Waals surface area contributed by atoms with Crippen molar-refractivity contribution in [2.75, 3.05) is 35.8 Å². The predicted octanol–water partition coefficient (Wildman–Crippen LogP) is 2.50. The summed E-state index contributed by atoms with van der Waals surface area (Å²) < 4.78 is 28.1. The third-order valence-corrected chi connectivity index (χ3v) is 5.82. The summed E-state index contributed by atoms with van der Waals surface area (Å²) >= 11 is 0. The van der Waals surface area contributed by atoms with E-state index in [9.17, 15) is 8.42 Å². The van der Waals surface area contributed by atoms with Gasteiger partial charge in [0.25, 0.3) is 10.0 Å². The SMILES string of the molecule is Cc1ccc(NS(=O)(=O)c2cc3c(N4CCNCC4)nccc3[nH]2)cc1.Cl. The molecular formula is C18H22ClN5O2S. The number of sulfonamides is 1. The van der Waals surface area contributed by atoms with E-state index in [1.807, 2.05) is 19.1 Å². The number of aromatic amines is 1. The van der Waals surface area contributed by atoms with Gasteiger partial charge in [-0.15, -0.1) is 12.4 Å². The molecule has 3 heterocycles. The summed E-state index contributed by atoms with van der Waals surface area (Å²) in [5, 5.41) is 4.26. The van der Waals surface area contributed by atoms with Gasteiger partial charge in [0.05, 0.1) is 5.52 Å². The molecule has 7 nitrogen and oxygen atoms in total. The lowest BCUT2D eigenvalue weighted by Gasteiger charge is -2.28. The first kappa shape index (κ1) is 19.5. The Bertz CT molecular complexity index is 1030. The number of nitrogens with one attached hydrogen (secondary N) is 3. The predicted molar refractivity (Wildman–Crippen MR) is 110 cm³/mol. The fourth-order valence-electron chi connectivity index (χ4n) is 3.12. The number of H-pyrrole nitrogens is 1. The Balaban J connectivity index is 0.00000210. The average molecular weight is 408 g/mol. The summed E-state index contributed by atoms with van der Waals surface area (Å²) in [6, 6.07) is 10.7. The van der Waals surface area contributed by atoms with Crippen molar-refractivity contribution >= 4 is 44.8 Å². The Morgan fingerprint density at radius 2 is 1.81 bits per heavy atom. The van der Waals surface area contributed by atoms with E-state index in [1.165, 1.54) is 0 Å². The van der Waals surface area contributed by atoms with Gasteiger partial charge in [-0.2, -0.15) is 8.42 Å². The lowest BCUT2D eigenvalue weighted by atomic mass is 10.2. The Kier molecular flexibility index (Phi) is 5.59. The molecular weight excluding hydrogens is 386 g/mol. The van der Waals surface area contributed by atoms with Crippen LogP contribution in [0.5, 0.6) is 0 Å². The molecule has 144 valence electrons. The monoisotopic (exact) mass is 407 g/mol. The molecule has 1 saturated heterocycles. The van der Waals surface area contributed by atoms with E-state index in [4.69, 9.17) is 0 Å². The normalized spacial score (nSPS) is 14.8. The standard InChI is InChI=1S/C18H21N5O2S.ClH/c1-13-2-4-14(5-3-13)22-26(24,25)17-12-15-16(21-17)6-7-20-18(15)23-10-8-19-9-11-23;/h2-7,12,19,21-22H,8-11H2,1H3;1H. The summed E-state index contributed by atoms with van der Waals surface area (Å²) in [5.41, 5.74) is 2.37. The number of piperazine rings is 1. The third kappa shape index (κ3) is 4.02. The van der Waals surface area contributed by atoms with Gasteiger partial charge in [-0.05, 0) is 31.2 Å². The van der Waals surface area contributed by atoms with Crippen molar-refractivity contribution in [2.45, 2.75) is 11.9 Å². The zero-order valence-corrected chi connectivity index (χ0v) is 16.5. The van der Waals surface area contributed by atoms with Gasteiger partial charge < -0.3 is 15.2 Å². The quantitative estimate of drug-likeness (QED) is 0.618. The molecule has 3 N–H and O–H groups in total. The van der Waals surface area contributed by atoms with Crippen LogP contribution < -0.4 is 14.9 Å². The number of benzene rings is 1. The lowest BCUT2D eigenvalue weighted by molar-refractivity contribution is 0.586. The Morgan fingerprint density at radius 1 is 1.11 bits per heavy atom. The third-order valence-electron chi connectivity index (χ3n) is 4.51. The minimum atomic E-state index is -3.70. The zero-order valence-electron chi connectivity index (χ0n) is 14.9. The molecule has 1 fully saturated rings. The highest BCUT2D eigenvalue weighted by Crippen LogP contribution is 2.28. The van der Waals surface area contributed by atoms with Crippen LogP contribution in [0.25, 0.3) is 10.9 Å². The number of pyridine rings is 1. The van der Waals surface area contributed by atoms with Crippen LogP contribution in [0.3, 0.4) is 0 Å². The van der Waals surface area contributed by atoms with E-state index in [2.05, 4.69) is 24.9 Å². The van der Waals surface area contributed by atoms with Crippen LogP contribution in [0.4, 0.5) is 11.5 Å². The van der Waals surface area contributed by atoms with Crippen molar-refractivity contribution in [3.8, 4) is 0 Å². The fourth-order valence-corrected chi connectivity index (χ4v) is 4.19. The average Bonchev–Trinajstić information content (AvgIpc) is 3.09. The van der Waals surface area contributed by atoms with E-state index in [-0.39, 0.29) is 17.4 Å². The van der Waals surface area contributed by atoms with E-state index in [0.29, 0.717) is 5.69 Å². The number of hydrogen-bond donors (Lipinski definition) is 3. The van der Waals surface area contributed by atoms with Crippen LogP contribution in [0, 0.1) is 6.92 Å². The Labute approximate surface area is 164 Å². The molecule has 2 aromatic heterocycles. The molecule has 0 radical (unpaired) electrons. The van der Waals surface area contributed by atoms with Crippen LogP contribution in [-0.4, -0.2) is 44.6 Å². The number of nitrogens with zero attached hydrogens (tertiary/aromatic N) is 2. The maximum absolute atomic E-state index is 12.8. The van der Waals surface area contributed by atoms with Crippen molar-refractivity contribution in [1.82, 2.24) is 15.3 Å². The maximum atomic E-state index is 12.8. The van der Waals surface area contributed by atoms with Crippen LogP contribution >= 0.6 is 12.4 Å². The smallest absolute Gasteiger partial charge is 0.277 e. The van der Waals surface area contributed by atoms with Crippen molar-refractivity contribution in [2.24, 2.45) is 0 Å². The van der Waals surface area contributed by atoms with Crippen molar-refractivity contribution < 1.29 is 8.42 Å². The molecule has 0 atom stereocenters. The molecule has 0 amide bonds. The van der Waals surface area contributed by atoms with Gasteiger partial charge in [0.2, 0.25) is 0 Å². The molecule has 3 aromatic rings. The number of rotatable bonds is 4. The van der Waals surface area contributed by atoms with Crippen LogP contribution in [-0.2, 0) is 10.0 Å².